The van der Waals surface area contributed by atoms with Crippen LogP contribution in [0.15, 0.2) is 84.0 Å². The second kappa shape index (κ2) is 10.4. The van der Waals surface area contributed by atoms with E-state index >= 15 is 0 Å². The normalized spacial score (nSPS) is 10.9. The highest BCUT2D eigenvalue weighted by molar-refractivity contribution is 6.01. The molecule has 0 radical (unpaired) electrons. The van der Waals surface area contributed by atoms with Crippen molar-refractivity contribution < 1.29 is 29.3 Å². The summed E-state index contributed by atoms with van der Waals surface area (Å²) in [6.45, 7) is 0.0969. The minimum atomic E-state index is -1.02. The molecular weight excluding hydrogens is 448 g/mol. The third kappa shape index (κ3) is 5.39. The molecule has 0 saturated heterocycles. The Balaban J connectivity index is 1.52. The number of phenols is 1. The standard InChI is InChI=1S/C27H22N2O6/c1-34-24-11-5-10-21(25(24)35-16-17-6-4-9-20(12-17)27(32)33)15-28-29-26(31)22-13-18-7-2-3-8-19(18)14-23(22)30/h2-15,30H,16H2,1H3,(H,29,31)(H,32,33). The Hall–Kier alpha value is -4.85. The number of hydrazone groups is 1. The molecule has 4 aromatic rings. The molecule has 0 spiro atoms. The van der Waals surface area contributed by atoms with E-state index in [1.807, 2.05) is 24.3 Å². The van der Waals surface area contributed by atoms with Crippen molar-refractivity contribution in [2.24, 2.45) is 5.10 Å². The number of nitrogens with one attached hydrogen (secondary N) is 1. The average molecular weight is 470 g/mol. The Labute approximate surface area is 201 Å². The Bertz CT molecular complexity index is 1430. The van der Waals surface area contributed by atoms with Crippen LogP contribution in [0.5, 0.6) is 17.2 Å². The highest BCUT2D eigenvalue weighted by Gasteiger charge is 2.13. The lowest BCUT2D eigenvalue weighted by atomic mass is 10.1. The molecule has 35 heavy (non-hydrogen) atoms. The molecule has 3 N–H and O–H groups in total. The maximum absolute atomic E-state index is 12.6. The number of fused-ring (bicyclic) bond motifs is 1. The van der Waals surface area contributed by atoms with Crippen LogP contribution in [0.3, 0.4) is 0 Å². The van der Waals surface area contributed by atoms with Crippen molar-refractivity contribution in [2.75, 3.05) is 7.11 Å². The number of benzene rings is 4. The zero-order valence-corrected chi connectivity index (χ0v) is 18.8. The molecule has 4 aromatic carbocycles. The van der Waals surface area contributed by atoms with E-state index in [0.29, 0.717) is 22.6 Å². The van der Waals surface area contributed by atoms with Crippen molar-refractivity contribution >= 4 is 28.9 Å². The summed E-state index contributed by atoms with van der Waals surface area (Å²) >= 11 is 0. The fraction of sp³-hybridized carbons (Fsp3) is 0.0741. The van der Waals surface area contributed by atoms with Crippen LogP contribution in [0.25, 0.3) is 10.8 Å². The van der Waals surface area contributed by atoms with Gasteiger partial charge in [0.1, 0.15) is 12.4 Å². The van der Waals surface area contributed by atoms with Crippen LogP contribution in [0.4, 0.5) is 0 Å². The average Bonchev–Trinajstić information content (AvgIpc) is 2.87. The lowest BCUT2D eigenvalue weighted by molar-refractivity contribution is 0.0696. The van der Waals surface area contributed by atoms with E-state index < -0.39 is 11.9 Å². The number of amides is 1. The predicted octanol–water partition coefficient (Wildman–Crippen LogP) is 4.60. The van der Waals surface area contributed by atoms with Gasteiger partial charge >= 0.3 is 5.97 Å². The first-order valence-electron chi connectivity index (χ1n) is 10.6. The number of carbonyl (C=O) groups is 2. The number of phenolic OH excluding ortho intramolecular Hbond substituents is 1. The summed E-state index contributed by atoms with van der Waals surface area (Å²) in [5.74, 6) is -0.917. The maximum atomic E-state index is 12.6. The van der Waals surface area contributed by atoms with Crippen molar-refractivity contribution in [3.05, 3.63) is 101 Å². The van der Waals surface area contributed by atoms with E-state index in [1.165, 1.54) is 31.5 Å². The number of rotatable bonds is 8. The monoisotopic (exact) mass is 470 g/mol. The number of aromatic carboxylic acids is 1. The van der Waals surface area contributed by atoms with Crippen LogP contribution >= 0.6 is 0 Å². The van der Waals surface area contributed by atoms with E-state index in [9.17, 15) is 19.8 Å². The highest BCUT2D eigenvalue weighted by Crippen LogP contribution is 2.31. The van der Waals surface area contributed by atoms with Crippen LogP contribution < -0.4 is 14.9 Å². The van der Waals surface area contributed by atoms with E-state index in [2.05, 4.69) is 10.5 Å². The summed E-state index contributed by atoms with van der Waals surface area (Å²) in [7, 11) is 1.50. The van der Waals surface area contributed by atoms with Crippen molar-refractivity contribution in [1.29, 1.82) is 0 Å². The second-order valence-electron chi connectivity index (χ2n) is 7.59. The maximum Gasteiger partial charge on any atom is 0.335 e. The number of nitrogens with zero attached hydrogens (tertiary/aromatic N) is 1. The molecule has 1 amide bonds. The number of methoxy groups -OCH3 is 1. The van der Waals surface area contributed by atoms with Crippen molar-refractivity contribution in [2.45, 2.75) is 6.61 Å². The Kier molecular flexibility index (Phi) is 6.92. The molecule has 0 fully saturated rings. The van der Waals surface area contributed by atoms with Gasteiger partial charge in [-0.05, 0) is 52.7 Å². The zero-order chi connectivity index (χ0) is 24.8. The Morgan fingerprint density at radius 1 is 0.971 bits per heavy atom. The molecule has 0 heterocycles. The summed E-state index contributed by atoms with van der Waals surface area (Å²) in [4.78, 5) is 23.8. The van der Waals surface area contributed by atoms with Crippen LogP contribution in [0.2, 0.25) is 0 Å². The number of para-hydroxylation sites is 1. The third-order valence-corrected chi connectivity index (χ3v) is 5.26. The lowest BCUT2D eigenvalue weighted by Gasteiger charge is -2.13. The molecule has 0 aromatic heterocycles. The van der Waals surface area contributed by atoms with Crippen molar-refractivity contribution in [3.63, 3.8) is 0 Å². The quantitative estimate of drug-likeness (QED) is 0.256. The fourth-order valence-electron chi connectivity index (χ4n) is 3.53. The van der Waals surface area contributed by atoms with Crippen LogP contribution in [-0.4, -0.2) is 35.4 Å². The first-order chi connectivity index (χ1) is 17.0. The summed E-state index contributed by atoms with van der Waals surface area (Å²) < 4.78 is 11.3. The van der Waals surface area contributed by atoms with Gasteiger partial charge in [0.2, 0.25) is 0 Å². The minimum Gasteiger partial charge on any atom is -0.507 e. The summed E-state index contributed by atoms with van der Waals surface area (Å²) in [5.41, 5.74) is 3.87. The first-order valence-corrected chi connectivity index (χ1v) is 10.6. The number of carboxylic acid groups (broad SMARTS) is 1. The van der Waals surface area contributed by atoms with Gasteiger partial charge in [-0.15, -0.1) is 0 Å². The van der Waals surface area contributed by atoms with Gasteiger partial charge in [0.15, 0.2) is 11.5 Å². The molecule has 176 valence electrons. The minimum absolute atomic E-state index is 0.0969. The van der Waals surface area contributed by atoms with Gasteiger partial charge in [0, 0.05) is 5.56 Å². The molecule has 0 aliphatic carbocycles. The summed E-state index contributed by atoms with van der Waals surface area (Å²) in [6, 6.07) is 22.1. The summed E-state index contributed by atoms with van der Waals surface area (Å²) in [5, 5.41) is 25.1. The number of carboxylic acids is 1. The van der Waals surface area contributed by atoms with Gasteiger partial charge in [-0.1, -0.05) is 42.5 Å². The van der Waals surface area contributed by atoms with Gasteiger partial charge in [-0.3, -0.25) is 4.79 Å². The largest absolute Gasteiger partial charge is 0.507 e. The molecule has 0 bridgehead atoms. The summed E-state index contributed by atoms with van der Waals surface area (Å²) in [6.07, 6.45) is 1.40. The van der Waals surface area contributed by atoms with E-state index in [-0.39, 0.29) is 23.5 Å². The highest BCUT2D eigenvalue weighted by atomic mass is 16.5. The smallest absolute Gasteiger partial charge is 0.335 e. The number of aromatic hydroxyl groups is 1. The topological polar surface area (TPSA) is 117 Å². The fourth-order valence-corrected chi connectivity index (χ4v) is 3.53. The van der Waals surface area contributed by atoms with Crippen molar-refractivity contribution in [3.8, 4) is 17.2 Å². The van der Waals surface area contributed by atoms with E-state index in [1.54, 1.807) is 36.4 Å². The van der Waals surface area contributed by atoms with Crippen LogP contribution in [0, 0.1) is 0 Å². The molecule has 4 rings (SSSR count). The van der Waals surface area contributed by atoms with E-state index in [0.717, 1.165) is 10.8 Å². The van der Waals surface area contributed by atoms with Gasteiger partial charge in [-0.2, -0.15) is 5.10 Å². The molecular formula is C27H22N2O6. The molecule has 0 saturated carbocycles. The van der Waals surface area contributed by atoms with E-state index in [4.69, 9.17) is 9.47 Å². The molecule has 0 aliphatic heterocycles. The molecule has 8 nitrogen and oxygen atoms in total. The van der Waals surface area contributed by atoms with Crippen molar-refractivity contribution in [1.82, 2.24) is 5.43 Å². The Morgan fingerprint density at radius 3 is 2.46 bits per heavy atom. The first kappa shape index (κ1) is 23.3. The number of ether oxygens (including phenoxy) is 2. The number of hydrogen-bond donors (Lipinski definition) is 3. The van der Waals surface area contributed by atoms with Gasteiger partial charge in [-0.25, -0.2) is 10.2 Å². The molecule has 0 aliphatic rings. The SMILES string of the molecule is COc1cccc(C=NNC(=O)c2cc3ccccc3cc2O)c1OCc1cccc(C(=O)O)c1. The molecule has 0 unspecified atom stereocenters. The van der Waals surface area contributed by atoms with Crippen LogP contribution in [-0.2, 0) is 6.61 Å². The zero-order valence-electron chi connectivity index (χ0n) is 18.8. The Morgan fingerprint density at radius 2 is 1.71 bits per heavy atom. The van der Waals surface area contributed by atoms with Crippen LogP contribution in [0.1, 0.15) is 31.8 Å². The molecule has 8 heteroatoms. The molecule has 0 atom stereocenters. The number of hydrogen-bond acceptors (Lipinski definition) is 6. The lowest BCUT2D eigenvalue weighted by Crippen LogP contribution is -2.17. The number of carbonyl (C=O) groups excluding carboxylic acids is 1. The third-order valence-electron chi connectivity index (χ3n) is 5.26. The predicted molar refractivity (Wildman–Crippen MR) is 131 cm³/mol. The van der Waals surface area contributed by atoms with Gasteiger partial charge in [0.05, 0.1) is 24.5 Å². The second-order valence-corrected chi connectivity index (χ2v) is 7.59. The van der Waals surface area contributed by atoms with Gasteiger partial charge < -0.3 is 19.7 Å². The van der Waals surface area contributed by atoms with Gasteiger partial charge in [0.25, 0.3) is 5.91 Å².